The number of aromatic carboxylic acids is 1. The number of carbonyl (C=O) groups is 1. The monoisotopic (exact) mass is 246 g/mol. The summed E-state index contributed by atoms with van der Waals surface area (Å²) in [5, 5.41) is 18.9. The van der Waals surface area contributed by atoms with Crippen molar-refractivity contribution in [3.05, 3.63) is 59.5 Å². The van der Waals surface area contributed by atoms with E-state index >= 15 is 0 Å². The van der Waals surface area contributed by atoms with Gasteiger partial charge in [-0.15, -0.1) is 0 Å². The summed E-state index contributed by atoms with van der Waals surface area (Å²) < 4.78 is 5.10. The van der Waals surface area contributed by atoms with E-state index in [9.17, 15) is 9.90 Å². The highest BCUT2D eigenvalue weighted by Crippen LogP contribution is 2.31. The van der Waals surface area contributed by atoms with E-state index in [2.05, 4.69) is 0 Å². The van der Waals surface area contributed by atoms with Gasteiger partial charge in [0.2, 0.25) is 5.76 Å². The van der Waals surface area contributed by atoms with Crippen molar-refractivity contribution in [2.45, 2.75) is 18.9 Å². The Hall–Kier alpha value is -2.07. The molecule has 2 N–H and O–H groups in total. The molecule has 1 aromatic heterocycles. The van der Waals surface area contributed by atoms with Crippen molar-refractivity contribution in [3.63, 3.8) is 0 Å². The Labute approximate surface area is 104 Å². The number of rotatable bonds is 4. The maximum Gasteiger partial charge on any atom is 0.371 e. The maximum absolute atomic E-state index is 10.7. The maximum atomic E-state index is 10.7. The van der Waals surface area contributed by atoms with E-state index in [0.29, 0.717) is 0 Å². The molecule has 2 rings (SSSR count). The molecule has 0 amide bonds. The number of hydrogen-bond donors (Lipinski definition) is 2. The number of furan rings is 1. The molecule has 0 spiro atoms. The van der Waals surface area contributed by atoms with Crippen LogP contribution in [0.1, 0.15) is 40.8 Å². The molecule has 4 nitrogen and oxygen atoms in total. The molecule has 2 atom stereocenters. The zero-order chi connectivity index (χ0) is 13.1. The second-order valence-electron chi connectivity index (χ2n) is 4.15. The van der Waals surface area contributed by atoms with E-state index in [1.807, 2.05) is 37.3 Å². The molecule has 1 aromatic carbocycles. The third kappa shape index (κ3) is 2.43. The normalized spacial score (nSPS) is 14.1. The summed E-state index contributed by atoms with van der Waals surface area (Å²) in [6.07, 6.45) is -0.861. The van der Waals surface area contributed by atoms with Crippen LogP contribution in [-0.2, 0) is 0 Å². The Morgan fingerprint density at radius 2 is 1.83 bits per heavy atom. The Kier molecular flexibility index (Phi) is 3.48. The second-order valence-corrected chi connectivity index (χ2v) is 4.15. The SMILES string of the molecule is CC(c1ccccc1)C(O)c1ccc(C(=O)O)o1. The molecule has 0 saturated heterocycles. The number of hydrogen-bond acceptors (Lipinski definition) is 3. The van der Waals surface area contributed by atoms with Gasteiger partial charge in [-0.2, -0.15) is 0 Å². The van der Waals surface area contributed by atoms with Crippen molar-refractivity contribution in [1.82, 2.24) is 0 Å². The fourth-order valence-corrected chi connectivity index (χ4v) is 1.81. The summed E-state index contributed by atoms with van der Waals surface area (Å²) in [5.74, 6) is -1.20. The van der Waals surface area contributed by atoms with Crippen LogP contribution in [0.3, 0.4) is 0 Å². The largest absolute Gasteiger partial charge is 0.475 e. The van der Waals surface area contributed by atoms with Gasteiger partial charge in [-0.25, -0.2) is 4.79 Å². The van der Waals surface area contributed by atoms with E-state index in [0.717, 1.165) is 5.56 Å². The molecule has 0 aliphatic heterocycles. The average molecular weight is 246 g/mol. The van der Waals surface area contributed by atoms with E-state index < -0.39 is 12.1 Å². The summed E-state index contributed by atoms with van der Waals surface area (Å²) in [5.41, 5.74) is 0.971. The summed E-state index contributed by atoms with van der Waals surface area (Å²) >= 11 is 0. The molecule has 0 radical (unpaired) electrons. The lowest BCUT2D eigenvalue weighted by Crippen LogP contribution is -2.06. The van der Waals surface area contributed by atoms with Gasteiger partial charge in [0.15, 0.2) is 0 Å². The van der Waals surface area contributed by atoms with Crippen LogP contribution in [0.25, 0.3) is 0 Å². The molecule has 94 valence electrons. The molecule has 0 saturated carbocycles. The highest BCUT2D eigenvalue weighted by Gasteiger charge is 2.22. The van der Waals surface area contributed by atoms with Crippen molar-refractivity contribution in [2.24, 2.45) is 0 Å². The van der Waals surface area contributed by atoms with Crippen LogP contribution < -0.4 is 0 Å². The highest BCUT2D eigenvalue weighted by atomic mass is 16.4. The second kappa shape index (κ2) is 5.06. The van der Waals surface area contributed by atoms with Crippen molar-refractivity contribution in [2.75, 3.05) is 0 Å². The molecular formula is C14H14O4. The van der Waals surface area contributed by atoms with Crippen LogP contribution in [0.15, 0.2) is 46.9 Å². The molecule has 0 bridgehead atoms. The number of carboxylic acid groups (broad SMARTS) is 1. The van der Waals surface area contributed by atoms with Crippen molar-refractivity contribution < 1.29 is 19.4 Å². The Morgan fingerprint density at radius 3 is 2.39 bits per heavy atom. The molecule has 18 heavy (non-hydrogen) atoms. The number of benzene rings is 1. The molecule has 4 heteroatoms. The number of aliphatic hydroxyl groups is 1. The van der Waals surface area contributed by atoms with Crippen molar-refractivity contribution >= 4 is 5.97 Å². The summed E-state index contributed by atoms with van der Waals surface area (Å²) in [4.78, 5) is 10.7. The van der Waals surface area contributed by atoms with Gasteiger partial charge in [0.05, 0.1) is 0 Å². The topological polar surface area (TPSA) is 70.7 Å². The lowest BCUT2D eigenvalue weighted by Gasteiger charge is -2.17. The summed E-state index contributed by atoms with van der Waals surface area (Å²) in [7, 11) is 0. The quantitative estimate of drug-likeness (QED) is 0.870. The molecule has 2 unspecified atom stereocenters. The summed E-state index contributed by atoms with van der Waals surface area (Å²) in [6.45, 7) is 1.86. The molecule has 0 fully saturated rings. The van der Waals surface area contributed by atoms with Crippen LogP contribution in [0.4, 0.5) is 0 Å². The van der Waals surface area contributed by atoms with Gasteiger partial charge in [-0.05, 0) is 17.7 Å². The first-order valence-electron chi connectivity index (χ1n) is 5.65. The smallest absolute Gasteiger partial charge is 0.371 e. The molecule has 0 aliphatic rings. The fourth-order valence-electron chi connectivity index (χ4n) is 1.81. The van der Waals surface area contributed by atoms with Crippen LogP contribution in [0.2, 0.25) is 0 Å². The van der Waals surface area contributed by atoms with Crippen LogP contribution in [0, 0.1) is 0 Å². The predicted molar refractivity (Wildman–Crippen MR) is 65.5 cm³/mol. The fraction of sp³-hybridized carbons (Fsp3) is 0.214. The van der Waals surface area contributed by atoms with E-state index in [1.165, 1.54) is 12.1 Å². The van der Waals surface area contributed by atoms with Crippen LogP contribution in [0.5, 0.6) is 0 Å². The molecule has 2 aromatic rings. The lowest BCUT2D eigenvalue weighted by molar-refractivity contribution is 0.0647. The van der Waals surface area contributed by atoms with Gasteiger partial charge in [-0.3, -0.25) is 0 Å². The summed E-state index contributed by atoms with van der Waals surface area (Å²) in [6, 6.07) is 12.3. The van der Waals surface area contributed by atoms with Gasteiger partial charge in [0, 0.05) is 5.92 Å². The minimum absolute atomic E-state index is 0.163. The lowest BCUT2D eigenvalue weighted by atomic mass is 9.94. The highest BCUT2D eigenvalue weighted by molar-refractivity contribution is 5.84. The molecular weight excluding hydrogens is 232 g/mol. The van der Waals surface area contributed by atoms with Gasteiger partial charge < -0.3 is 14.6 Å². The van der Waals surface area contributed by atoms with E-state index in [1.54, 1.807) is 0 Å². The molecule has 0 aliphatic carbocycles. The Bertz CT molecular complexity index is 530. The first-order chi connectivity index (χ1) is 8.59. The third-order valence-electron chi connectivity index (χ3n) is 2.93. The average Bonchev–Trinajstić information content (AvgIpc) is 2.88. The number of carboxylic acids is 1. The Morgan fingerprint density at radius 1 is 1.17 bits per heavy atom. The van der Waals surface area contributed by atoms with Crippen LogP contribution >= 0.6 is 0 Å². The zero-order valence-corrected chi connectivity index (χ0v) is 9.91. The van der Waals surface area contributed by atoms with Crippen molar-refractivity contribution in [3.8, 4) is 0 Å². The third-order valence-corrected chi connectivity index (χ3v) is 2.93. The van der Waals surface area contributed by atoms with E-state index in [-0.39, 0.29) is 17.4 Å². The van der Waals surface area contributed by atoms with Crippen LogP contribution in [-0.4, -0.2) is 16.2 Å². The van der Waals surface area contributed by atoms with Gasteiger partial charge in [0.1, 0.15) is 11.9 Å². The van der Waals surface area contributed by atoms with Gasteiger partial charge in [0.25, 0.3) is 0 Å². The standard InChI is InChI=1S/C14H14O4/c1-9(10-5-3-2-4-6-10)13(15)11-7-8-12(18-11)14(16)17/h2-9,13,15H,1H3,(H,16,17). The minimum atomic E-state index is -1.14. The van der Waals surface area contributed by atoms with Gasteiger partial charge >= 0.3 is 5.97 Å². The minimum Gasteiger partial charge on any atom is -0.475 e. The Balaban J connectivity index is 2.20. The molecule has 1 heterocycles. The first kappa shape index (κ1) is 12.4. The van der Waals surface area contributed by atoms with E-state index in [4.69, 9.17) is 9.52 Å². The number of aliphatic hydroxyl groups excluding tert-OH is 1. The predicted octanol–water partition coefficient (Wildman–Crippen LogP) is 2.81. The van der Waals surface area contributed by atoms with Gasteiger partial charge in [-0.1, -0.05) is 37.3 Å². The first-order valence-corrected chi connectivity index (χ1v) is 5.65. The zero-order valence-electron chi connectivity index (χ0n) is 9.91. The van der Waals surface area contributed by atoms with Crippen molar-refractivity contribution in [1.29, 1.82) is 0 Å².